The SMILES string of the molecule is COc1ccc(-c2nc3ccc(F)cn3c2C#N)cc1C. The third kappa shape index (κ3) is 2.11. The molecule has 2 heterocycles. The molecule has 0 atom stereocenters. The van der Waals surface area contributed by atoms with Crippen LogP contribution in [0.2, 0.25) is 0 Å². The average Bonchev–Trinajstić information content (AvgIpc) is 2.84. The summed E-state index contributed by atoms with van der Waals surface area (Å²) in [6.07, 6.45) is 1.26. The van der Waals surface area contributed by atoms with E-state index in [-0.39, 0.29) is 0 Å². The zero-order chi connectivity index (χ0) is 15.0. The van der Waals surface area contributed by atoms with Gasteiger partial charge in [0, 0.05) is 11.8 Å². The maximum absolute atomic E-state index is 13.4. The van der Waals surface area contributed by atoms with Crippen molar-refractivity contribution in [3.05, 3.63) is 53.6 Å². The van der Waals surface area contributed by atoms with E-state index in [2.05, 4.69) is 11.1 Å². The van der Waals surface area contributed by atoms with Crippen LogP contribution in [0.5, 0.6) is 5.75 Å². The standard InChI is InChI=1S/C16H12FN3O/c1-10-7-11(3-5-14(10)21-2)16-13(8-18)20-9-12(17)4-6-15(20)19-16/h3-7,9H,1-2H3. The Morgan fingerprint density at radius 2 is 2.10 bits per heavy atom. The Balaban J connectivity index is 2.25. The molecule has 0 fully saturated rings. The van der Waals surface area contributed by atoms with E-state index in [1.54, 1.807) is 13.2 Å². The number of pyridine rings is 1. The van der Waals surface area contributed by atoms with Gasteiger partial charge in [-0.3, -0.25) is 4.40 Å². The number of hydrogen-bond acceptors (Lipinski definition) is 3. The first kappa shape index (κ1) is 13.1. The second-order valence-corrected chi connectivity index (χ2v) is 4.68. The molecule has 0 radical (unpaired) electrons. The normalized spacial score (nSPS) is 10.6. The van der Waals surface area contributed by atoms with E-state index < -0.39 is 5.82 Å². The van der Waals surface area contributed by atoms with E-state index in [0.29, 0.717) is 17.0 Å². The molecular formula is C16H12FN3O. The highest BCUT2D eigenvalue weighted by atomic mass is 19.1. The molecule has 0 amide bonds. The fraction of sp³-hybridized carbons (Fsp3) is 0.125. The quantitative estimate of drug-likeness (QED) is 0.724. The number of ether oxygens (including phenoxy) is 1. The van der Waals surface area contributed by atoms with Crippen molar-refractivity contribution in [1.82, 2.24) is 9.38 Å². The zero-order valence-electron chi connectivity index (χ0n) is 11.6. The van der Waals surface area contributed by atoms with E-state index in [1.165, 1.54) is 16.7 Å². The Morgan fingerprint density at radius 1 is 1.29 bits per heavy atom. The topological polar surface area (TPSA) is 50.3 Å². The second-order valence-electron chi connectivity index (χ2n) is 4.68. The Kier molecular flexibility index (Phi) is 3.07. The smallest absolute Gasteiger partial charge is 0.152 e. The van der Waals surface area contributed by atoms with Gasteiger partial charge in [-0.1, -0.05) is 0 Å². The molecule has 0 spiro atoms. The lowest BCUT2D eigenvalue weighted by Crippen LogP contribution is -1.91. The molecule has 104 valence electrons. The molecule has 2 aromatic heterocycles. The van der Waals surface area contributed by atoms with Crippen LogP contribution < -0.4 is 4.74 Å². The Morgan fingerprint density at radius 3 is 2.76 bits per heavy atom. The summed E-state index contributed by atoms with van der Waals surface area (Å²) in [5.41, 5.74) is 3.13. The minimum atomic E-state index is -0.408. The van der Waals surface area contributed by atoms with Gasteiger partial charge in [0.05, 0.1) is 7.11 Å². The summed E-state index contributed by atoms with van der Waals surface area (Å²) in [6, 6.07) is 10.5. The molecular weight excluding hydrogens is 269 g/mol. The molecule has 0 N–H and O–H groups in total. The van der Waals surface area contributed by atoms with Crippen LogP contribution in [-0.2, 0) is 0 Å². The highest BCUT2D eigenvalue weighted by Gasteiger charge is 2.15. The highest BCUT2D eigenvalue weighted by Crippen LogP contribution is 2.28. The molecule has 1 aromatic carbocycles. The molecule has 0 unspecified atom stereocenters. The molecule has 4 nitrogen and oxygen atoms in total. The molecule has 0 aliphatic heterocycles. The van der Waals surface area contributed by atoms with Crippen molar-refractivity contribution >= 4 is 5.65 Å². The van der Waals surface area contributed by atoms with Gasteiger partial charge in [0.25, 0.3) is 0 Å². The fourth-order valence-electron chi connectivity index (χ4n) is 2.35. The average molecular weight is 281 g/mol. The summed E-state index contributed by atoms with van der Waals surface area (Å²) >= 11 is 0. The second kappa shape index (κ2) is 4.91. The molecule has 3 aromatic rings. The van der Waals surface area contributed by atoms with Crippen LogP contribution in [0.25, 0.3) is 16.9 Å². The van der Waals surface area contributed by atoms with Crippen molar-refractivity contribution < 1.29 is 9.13 Å². The summed E-state index contributed by atoms with van der Waals surface area (Å²) in [6.45, 7) is 1.92. The maximum Gasteiger partial charge on any atom is 0.152 e. The summed E-state index contributed by atoms with van der Waals surface area (Å²) in [5.74, 6) is 0.362. The van der Waals surface area contributed by atoms with Crippen molar-refractivity contribution in [2.24, 2.45) is 0 Å². The van der Waals surface area contributed by atoms with Gasteiger partial charge in [-0.2, -0.15) is 5.26 Å². The van der Waals surface area contributed by atoms with Gasteiger partial charge in [0.2, 0.25) is 0 Å². The minimum absolute atomic E-state index is 0.314. The van der Waals surface area contributed by atoms with Crippen molar-refractivity contribution in [3.63, 3.8) is 0 Å². The van der Waals surface area contributed by atoms with Crippen LogP contribution in [0, 0.1) is 24.1 Å². The summed E-state index contributed by atoms with van der Waals surface area (Å²) in [5, 5.41) is 9.37. The van der Waals surface area contributed by atoms with Gasteiger partial charge in [-0.15, -0.1) is 0 Å². The number of nitrogens with zero attached hydrogens (tertiary/aromatic N) is 3. The molecule has 0 aliphatic carbocycles. The number of hydrogen-bond donors (Lipinski definition) is 0. The van der Waals surface area contributed by atoms with E-state index in [9.17, 15) is 9.65 Å². The van der Waals surface area contributed by atoms with E-state index >= 15 is 0 Å². The van der Waals surface area contributed by atoms with Crippen molar-refractivity contribution in [3.8, 4) is 23.1 Å². The zero-order valence-corrected chi connectivity index (χ0v) is 11.6. The number of imidazole rings is 1. The predicted octanol–water partition coefficient (Wildman–Crippen LogP) is 3.33. The first-order chi connectivity index (χ1) is 10.1. The lowest BCUT2D eigenvalue weighted by molar-refractivity contribution is 0.412. The number of methoxy groups -OCH3 is 1. The molecule has 21 heavy (non-hydrogen) atoms. The van der Waals surface area contributed by atoms with E-state index in [0.717, 1.165) is 16.9 Å². The highest BCUT2D eigenvalue weighted by molar-refractivity contribution is 5.70. The predicted molar refractivity (Wildman–Crippen MR) is 76.6 cm³/mol. The molecule has 0 saturated carbocycles. The van der Waals surface area contributed by atoms with Crippen LogP contribution in [0.4, 0.5) is 4.39 Å². The number of fused-ring (bicyclic) bond motifs is 1. The third-order valence-corrected chi connectivity index (χ3v) is 3.36. The summed E-state index contributed by atoms with van der Waals surface area (Å²) in [7, 11) is 1.61. The van der Waals surface area contributed by atoms with Gasteiger partial charge in [0.1, 0.15) is 29.0 Å². The number of benzene rings is 1. The number of halogens is 1. The van der Waals surface area contributed by atoms with Crippen molar-refractivity contribution in [1.29, 1.82) is 5.26 Å². The Labute approximate surface area is 121 Å². The van der Waals surface area contributed by atoms with Crippen molar-refractivity contribution in [2.45, 2.75) is 6.92 Å². The largest absolute Gasteiger partial charge is 0.496 e. The molecule has 3 rings (SSSR count). The number of aryl methyl sites for hydroxylation is 1. The monoisotopic (exact) mass is 281 g/mol. The first-order valence-corrected chi connectivity index (χ1v) is 6.36. The molecule has 5 heteroatoms. The van der Waals surface area contributed by atoms with Gasteiger partial charge in [-0.05, 0) is 42.8 Å². The fourth-order valence-corrected chi connectivity index (χ4v) is 2.35. The van der Waals surface area contributed by atoms with Gasteiger partial charge >= 0.3 is 0 Å². The number of rotatable bonds is 2. The molecule has 0 saturated heterocycles. The van der Waals surface area contributed by atoms with E-state index in [4.69, 9.17) is 4.74 Å². The van der Waals surface area contributed by atoms with Crippen LogP contribution in [0.3, 0.4) is 0 Å². The lowest BCUT2D eigenvalue weighted by Gasteiger charge is -2.06. The van der Waals surface area contributed by atoms with Gasteiger partial charge in [0.15, 0.2) is 5.69 Å². The lowest BCUT2D eigenvalue weighted by atomic mass is 10.1. The van der Waals surface area contributed by atoms with Gasteiger partial charge < -0.3 is 4.74 Å². The van der Waals surface area contributed by atoms with Gasteiger partial charge in [-0.25, -0.2) is 9.37 Å². The first-order valence-electron chi connectivity index (χ1n) is 6.36. The minimum Gasteiger partial charge on any atom is -0.496 e. The Hall–Kier alpha value is -2.87. The van der Waals surface area contributed by atoms with Crippen LogP contribution in [0.1, 0.15) is 11.3 Å². The number of nitriles is 1. The van der Waals surface area contributed by atoms with Crippen molar-refractivity contribution in [2.75, 3.05) is 7.11 Å². The number of aromatic nitrogens is 2. The third-order valence-electron chi connectivity index (χ3n) is 3.36. The molecule has 0 bridgehead atoms. The van der Waals surface area contributed by atoms with Crippen LogP contribution in [0.15, 0.2) is 36.5 Å². The maximum atomic E-state index is 13.4. The summed E-state index contributed by atoms with van der Waals surface area (Å²) in [4.78, 5) is 4.42. The van der Waals surface area contributed by atoms with Crippen LogP contribution in [-0.4, -0.2) is 16.5 Å². The Bertz CT molecular complexity index is 877. The summed E-state index contributed by atoms with van der Waals surface area (Å²) < 4.78 is 20.0. The van der Waals surface area contributed by atoms with Crippen LogP contribution >= 0.6 is 0 Å². The molecule has 0 aliphatic rings. The van der Waals surface area contributed by atoms with E-state index in [1.807, 2.05) is 25.1 Å².